The van der Waals surface area contributed by atoms with Crippen molar-refractivity contribution in [3.8, 4) is 5.75 Å². The molecule has 3 N–H and O–H groups in total. The quantitative estimate of drug-likeness (QED) is 0.534. The lowest BCUT2D eigenvalue weighted by molar-refractivity contribution is -0.123. The molecular formula is C17H18BrN3O2S. The predicted octanol–water partition coefficient (Wildman–Crippen LogP) is 3.46. The molecule has 0 saturated carbocycles. The van der Waals surface area contributed by atoms with Crippen LogP contribution in [0, 0.1) is 13.8 Å². The normalized spacial score (nSPS) is 9.96. The summed E-state index contributed by atoms with van der Waals surface area (Å²) < 4.78 is 6.27. The van der Waals surface area contributed by atoms with Gasteiger partial charge in [0.05, 0.1) is 0 Å². The number of carbonyl (C=O) groups excluding carboxylic acids is 1. The molecule has 24 heavy (non-hydrogen) atoms. The van der Waals surface area contributed by atoms with Gasteiger partial charge in [-0.05, 0) is 61.5 Å². The Hall–Kier alpha value is -2.12. The van der Waals surface area contributed by atoms with E-state index >= 15 is 0 Å². The molecule has 0 fully saturated rings. The van der Waals surface area contributed by atoms with Crippen molar-refractivity contribution < 1.29 is 9.53 Å². The van der Waals surface area contributed by atoms with Crippen LogP contribution in [0.4, 0.5) is 5.69 Å². The van der Waals surface area contributed by atoms with Gasteiger partial charge in [0, 0.05) is 10.2 Å². The van der Waals surface area contributed by atoms with Gasteiger partial charge >= 0.3 is 0 Å². The molecule has 126 valence electrons. The van der Waals surface area contributed by atoms with Gasteiger partial charge in [-0.25, -0.2) is 0 Å². The molecule has 0 bridgehead atoms. The van der Waals surface area contributed by atoms with Crippen molar-refractivity contribution in [3.63, 3.8) is 0 Å². The largest absolute Gasteiger partial charge is 0.484 e. The molecule has 0 saturated heterocycles. The minimum atomic E-state index is -0.333. The molecule has 0 aliphatic carbocycles. The summed E-state index contributed by atoms with van der Waals surface area (Å²) in [6, 6.07) is 13.3. The Morgan fingerprint density at radius 1 is 1.17 bits per heavy atom. The van der Waals surface area contributed by atoms with Crippen molar-refractivity contribution in [3.05, 3.63) is 58.1 Å². The first-order chi connectivity index (χ1) is 11.4. The molecule has 0 aliphatic heterocycles. The Morgan fingerprint density at radius 2 is 1.96 bits per heavy atom. The van der Waals surface area contributed by atoms with Gasteiger partial charge in [0.15, 0.2) is 11.7 Å². The fraction of sp³-hybridized carbons (Fsp3) is 0.176. The second kappa shape index (κ2) is 8.65. The lowest BCUT2D eigenvalue weighted by Crippen LogP contribution is -2.45. The smallest absolute Gasteiger partial charge is 0.276 e. The standard InChI is InChI=1S/C17H18BrN3O2S/c1-11-6-7-12(2)15(8-11)19-17(24)21-20-16(22)10-23-14-5-3-4-13(18)9-14/h3-9H,10H2,1-2H3,(H,20,22)(H2,19,21,24). The maximum absolute atomic E-state index is 11.8. The van der Waals surface area contributed by atoms with E-state index in [4.69, 9.17) is 17.0 Å². The van der Waals surface area contributed by atoms with Crippen LogP contribution in [-0.2, 0) is 4.79 Å². The van der Waals surface area contributed by atoms with Crippen LogP contribution in [0.1, 0.15) is 11.1 Å². The second-order valence-corrected chi connectivity index (χ2v) is 6.52. The summed E-state index contributed by atoms with van der Waals surface area (Å²) in [6.07, 6.45) is 0. The number of ether oxygens (including phenoxy) is 1. The molecular weight excluding hydrogens is 390 g/mol. The Balaban J connectivity index is 1.77. The third kappa shape index (κ3) is 5.82. The van der Waals surface area contributed by atoms with E-state index in [1.807, 2.05) is 44.2 Å². The topological polar surface area (TPSA) is 62.4 Å². The van der Waals surface area contributed by atoms with E-state index in [1.54, 1.807) is 12.1 Å². The molecule has 0 radical (unpaired) electrons. The molecule has 0 aromatic heterocycles. The van der Waals surface area contributed by atoms with Crippen LogP contribution in [0.15, 0.2) is 46.9 Å². The second-order valence-electron chi connectivity index (χ2n) is 5.19. The molecule has 2 aromatic carbocycles. The third-order valence-electron chi connectivity index (χ3n) is 3.12. The number of anilines is 1. The number of benzene rings is 2. The summed E-state index contributed by atoms with van der Waals surface area (Å²) in [5.41, 5.74) is 8.23. The van der Waals surface area contributed by atoms with Gasteiger partial charge in [-0.1, -0.05) is 34.1 Å². The predicted molar refractivity (Wildman–Crippen MR) is 103 cm³/mol. The molecule has 2 rings (SSSR count). The molecule has 0 heterocycles. The number of halogens is 1. The maximum Gasteiger partial charge on any atom is 0.276 e. The fourth-order valence-corrected chi connectivity index (χ4v) is 2.43. The van der Waals surface area contributed by atoms with E-state index < -0.39 is 0 Å². The molecule has 1 amide bonds. The van der Waals surface area contributed by atoms with Crippen molar-refractivity contribution in [1.82, 2.24) is 10.9 Å². The van der Waals surface area contributed by atoms with Crippen molar-refractivity contribution in [1.29, 1.82) is 0 Å². The van der Waals surface area contributed by atoms with E-state index in [9.17, 15) is 4.79 Å². The zero-order valence-corrected chi connectivity index (χ0v) is 15.8. The zero-order chi connectivity index (χ0) is 17.5. The summed E-state index contributed by atoms with van der Waals surface area (Å²) in [7, 11) is 0. The number of hydrogen-bond acceptors (Lipinski definition) is 3. The van der Waals surface area contributed by atoms with Crippen LogP contribution in [0.5, 0.6) is 5.75 Å². The lowest BCUT2D eigenvalue weighted by atomic mass is 10.1. The number of hydrazine groups is 1. The number of carbonyl (C=O) groups is 1. The minimum absolute atomic E-state index is 0.116. The van der Waals surface area contributed by atoms with Gasteiger partial charge in [0.2, 0.25) is 0 Å². The lowest BCUT2D eigenvalue weighted by Gasteiger charge is -2.14. The number of hydrogen-bond donors (Lipinski definition) is 3. The van der Waals surface area contributed by atoms with E-state index in [0.29, 0.717) is 10.9 Å². The number of nitrogens with one attached hydrogen (secondary N) is 3. The Morgan fingerprint density at radius 3 is 2.71 bits per heavy atom. The summed E-state index contributed by atoms with van der Waals surface area (Å²) in [4.78, 5) is 11.8. The molecule has 5 nitrogen and oxygen atoms in total. The van der Waals surface area contributed by atoms with Gasteiger partial charge in [0.25, 0.3) is 5.91 Å². The SMILES string of the molecule is Cc1ccc(C)c(NC(=S)NNC(=O)COc2cccc(Br)c2)c1. The van der Waals surface area contributed by atoms with E-state index in [2.05, 4.69) is 32.1 Å². The van der Waals surface area contributed by atoms with Crippen LogP contribution in [0.3, 0.4) is 0 Å². The number of rotatable bonds is 4. The highest BCUT2D eigenvalue weighted by molar-refractivity contribution is 9.10. The van der Waals surface area contributed by atoms with E-state index in [1.165, 1.54) is 0 Å². The summed E-state index contributed by atoms with van der Waals surface area (Å²) in [5.74, 6) is 0.274. The highest BCUT2D eigenvalue weighted by Crippen LogP contribution is 2.17. The first-order valence-electron chi connectivity index (χ1n) is 7.25. The van der Waals surface area contributed by atoms with Crippen molar-refractivity contribution in [2.75, 3.05) is 11.9 Å². The maximum atomic E-state index is 11.8. The molecule has 7 heteroatoms. The van der Waals surface area contributed by atoms with Crippen LogP contribution in [0.25, 0.3) is 0 Å². The molecule has 0 aliphatic rings. The van der Waals surface area contributed by atoms with Crippen molar-refractivity contribution in [2.24, 2.45) is 0 Å². The summed E-state index contributed by atoms with van der Waals surface area (Å²) in [5, 5.41) is 3.35. The molecule has 2 aromatic rings. The monoisotopic (exact) mass is 407 g/mol. The van der Waals surface area contributed by atoms with E-state index in [-0.39, 0.29) is 12.5 Å². The average molecular weight is 408 g/mol. The molecule has 0 atom stereocenters. The molecule has 0 spiro atoms. The minimum Gasteiger partial charge on any atom is -0.484 e. The van der Waals surface area contributed by atoms with Crippen molar-refractivity contribution >= 4 is 44.9 Å². The Labute approximate surface area is 154 Å². The van der Waals surface area contributed by atoms with Gasteiger partial charge in [-0.3, -0.25) is 15.6 Å². The summed E-state index contributed by atoms with van der Waals surface area (Å²) in [6.45, 7) is 3.87. The van der Waals surface area contributed by atoms with Crippen LogP contribution < -0.4 is 20.9 Å². The Kier molecular flexibility index (Phi) is 6.57. The average Bonchev–Trinajstić information content (AvgIpc) is 2.54. The van der Waals surface area contributed by atoms with Gasteiger partial charge in [-0.15, -0.1) is 0 Å². The van der Waals surface area contributed by atoms with Crippen LogP contribution in [-0.4, -0.2) is 17.6 Å². The fourth-order valence-electron chi connectivity index (χ4n) is 1.89. The third-order valence-corrected chi connectivity index (χ3v) is 3.82. The van der Waals surface area contributed by atoms with Gasteiger partial charge < -0.3 is 10.1 Å². The van der Waals surface area contributed by atoms with Gasteiger partial charge in [-0.2, -0.15) is 0 Å². The summed E-state index contributed by atoms with van der Waals surface area (Å²) >= 11 is 8.51. The number of amides is 1. The number of aryl methyl sites for hydroxylation is 2. The number of thiocarbonyl (C=S) groups is 1. The van der Waals surface area contributed by atoms with Gasteiger partial charge in [0.1, 0.15) is 5.75 Å². The Bertz CT molecular complexity index is 752. The van der Waals surface area contributed by atoms with E-state index in [0.717, 1.165) is 21.3 Å². The first-order valence-corrected chi connectivity index (χ1v) is 8.45. The highest BCUT2D eigenvalue weighted by Gasteiger charge is 2.05. The highest BCUT2D eigenvalue weighted by atomic mass is 79.9. The van der Waals surface area contributed by atoms with Crippen LogP contribution >= 0.6 is 28.1 Å². The molecule has 0 unspecified atom stereocenters. The first kappa shape index (κ1) is 18.2. The zero-order valence-electron chi connectivity index (χ0n) is 13.4. The van der Waals surface area contributed by atoms with Crippen molar-refractivity contribution in [2.45, 2.75) is 13.8 Å². The van der Waals surface area contributed by atoms with Crippen LogP contribution in [0.2, 0.25) is 0 Å².